The number of rotatable bonds is 6. The van der Waals surface area contributed by atoms with Crippen molar-refractivity contribution in [3.8, 4) is 11.5 Å². The smallest absolute Gasteiger partial charge is 0.402 e. The molecule has 242 valence electrons. The molecule has 0 aliphatic carbocycles. The number of anilines is 2. The molecule has 4 N–H and O–H groups in total. The second kappa shape index (κ2) is 11.1. The molecule has 0 saturated carbocycles. The topological polar surface area (TPSA) is 185 Å². The number of alkyl halides is 3. The van der Waals surface area contributed by atoms with E-state index in [9.17, 15) is 52.2 Å². The highest BCUT2D eigenvalue weighted by Crippen LogP contribution is 2.48. The zero-order chi connectivity index (χ0) is 34.7. The van der Waals surface area contributed by atoms with Crippen LogP contribution in [0.3, 0.4) is 0 Å². The molecule has 2 aliphatic rings. The van der Waals surface area contributed by atoms with E-state index in [0.717, 1.165) is 55.5 Å². The van der Waals surface area contributed by atoms with Gasteiger partial charge >= 0.3 is 30.1 Å². The summed E-state index contributed by atoms with van der Waals surface area (Å²) in [5, 5.41) is 25.5. The number of amides is 2. The third-order valence-corrected chi connectivity index (χ3v) is 8.03. The molecule has 48 heavy (non-hydrogen) atoms. The van der Waals surface area contributed by atoms with Gasteiger partial charge < -0.3 is 30.3 Å². The van der Waals surface area contributed by atoms with E-state index in [1.54, 1.807) is 0 Å². The van der Waals surface area contributed by atoms with E-state index in [0.29, 0.717) is 0 Å². The lowest BCUT2D eigenvalue weighted by Crippen LogP contribution is -2.40. The molecule has 0 unspecified atom stereocenters. The first kappa shape index (κ1) is 31.5. The molecule has 2 heterocycles. The lowest BCUT2D eigenvalue weighted by Gasteiger charge is -2.34. The van der Waals surface area contributed by atoms with Crippen LogP contribution in [0, 0.1) is 0 Å². The lowest BCUT2D eigenvalue weighted by atomic mass is 9.75. The van der Waals surface area contributed by atoms with Gasteiger partial charge in [-0.15, -0.1) is 0 Å². The van der Waals surface area contributed by atoms with Crippen molar-refractivity contribution in [1.82, 2.24) is 0 Å². The van der Waals surface area contributed by atoms with Crippen molar-refractivity contribution in [2.24, 2.45) is 0 Å². The molecule has 2 amide bonds. The molecule has 4 aromatic rings. The van der Waals surface area contributed by atoms with Crippen LogP contribution >= 0.6 is 0 Å². The number of hydrogen-bond acceptors (Lipinski definition) is 10. The van der Waals surface area contributed by atoms with E-state index in [4.69, 9.17) is 0 Å². The third-order valence-electron chi connectivity index (χ3n) is 8.03. The highest BCUT2D eigenvalue weighted by atomic mass is 19.4. The van der Waals surface area contributed by atoms with Gasteiger partial charge in [-0.2, -0.15) is 13.2 Å². The van der Waals surface area contributed by atoms with Gasteiger partial charge in [0.2, 0.25) is 0 Å². The first-order valence-corrected chi connectivity index (χ1v) is 13.8. The Morgan fingerprint density at radius 1 is 0.583 bits per heavy atom. The zero-order valence-corrected chi connectivity index (χ0v) is 24.2. The quantitative estimate of drug-likeness (QED) is 0.123. The summed E-state index contributed by atoms with van der Waals surface area (Å²) in [5.74, 6) is -6.79. The SMILES string of the molecule is CC(c1ccc(O)c(NC(=O)c2ccc3c(c2)C(=O)OC3=O)c1)(c1ccc(O)c(NC(=O)c2ccc3c(c2)C(=O)OC3=O)c1)C(F)(F)F. The summed E-state index contributed by atoms with van der Waals surface area (Å²) < 4.78 is 53.8. The summed E-state index contributed by atoms with van der Waals surface area (Å²) in [6.45, 7) is 0.815. The first-order valence-electron chi connectivity index (χ1n) is 13.8. The van der Waals surface area contributed by atoms with Gasteiger partial charge in [0.1, 0.15) is 16.9 Å². The molecular formula is C33H19F3N2O10. The fourth-order valence-corrected chi connectivity index (χ4v) is 5.23. The monoisotopic (exact) mass is 660 g/mol. The van der Waals surface area contributed by atoms with Crippen LogP contribution in [0.2, 0.25) is 0 Å². The van der Waals surface area contributed by atoms with Crippen LogP contribution in [0.1, 0.15) is 80.2 Å². The highest BCUT2D eigenvalue weighted by Gasteiger charge is 2.54. The Labute approximate surface area is 266 Å². The Morgan fingerprint density at radius 3 is 1.33 bits per heavy atom. The van der Waals surface area contributed by atoms with E-state index < -0.39 is 81.3 Å². The van der Waals surface area contributed by atoms with Crippen molar-refractivity contribution in [2.75, 3.05) is 10.6 Å². The maximum atomic E-state index is 14.9. The molecule has 0 fully saturated rings. The van der Waals surface area contributed by atoms with E-state index >= 15 is 0 Å². The van der Waals surface area contributed by atoms with Crippen molar-refractivity contribution < 1.29 is 61.6 Å². The Balaban J connectivity index is 1.32. The summed E-state index contributed by atoms with van der Waals surface area (Å²) in [6.07, 6.45) is -5.02. The summed E-state index contributed by atoms with van der Waals surface area (Å²) in [5.41, 5.74) is -5.45. The van der Waals surface area contributed by atoms with Crippen molar-refractivity contribution in [1.29, 1.82) is 0 Å². The maximum absolute atomic E-state index is 14.9. The summed E-state index contributed by atoms with van der Waals surface area (Å²) >= 11 is 0. The number of phenolic OH excluding ortho intramolecular Hbond substituents is 2. The van der Waals surface area contributed by atoms with Crippen LogP contribution in [0.15, 0.2) is 72.8 Å². The fourth-order valence-electron chi connectivity index (χ4n) is 5.23. The molecule has 0 bridgehead atoms. The average molecular weight is 661 g/mol. The Kier molecular flexibility index (Phi) is 7.26. The van der Waals surface area contributed by atoms with Gasteiger partial charge in [-0.1, -0.05) is 12.1 Å². The van der Waals surface area contributed by atoms with Gasteiger partial charge in [0.15, 0.2) is 0 Å². The van der Waals surface area contributed by atoms with Crippen molar-refractivity contribution in [2.45, 2.75) is 18.5 Å². The number of aromatic hydroxyl groups is 2. The van der Waals surface area contributed by atoms with Crippen molar-refractivity contribution >= 4 is 47.1 Å². The van der Waals surface area contributed by atoms with Crippen molar-refractivity contribution in [3.05, 3.63) is 117 Å². The number of carbonyl (C=O) groups is 6. The molecule has 0 radical (unpaired) electrons. The Bertz CT molecular complexity index is 2000. The number of benzene rings is 4. The van der Waals surface area contributed by atoms with Gasteiger partial charge in [-0.25, -0.2) is 19.2 Å². The number of carbonyl (C=O) groups excluding carboxylic acids is 6. The van der Waals surface area contributed by atoms with Crippen molar-refractivity contribution in [3.63, 3.8) is 0 Å². The number of hydrogen-bond donors (Lipinski definition) is 4. The van der Waals surface area contributed by atoms with Gasteiger partial charge in [0.05, 0.1) is 33.6 Å². The molecule has 0 spiro atoms. The minimum Gasteiger partial charge on any atom is -0.506 e. The van der Waals surface area contributed by atoms with E-state index in [-0.39, 0.29) is 33.4 Å². The summed E-state index contributed by atoms with van der Waals surface area (Å²) in [6, 6.07) is 12.5. The van der Waals surface area contributed by atoms with Gasteiger partial charge in [-0.05, 0) is 78.7 Å². The molecule has 0 atom stereocenters. The Morgan fingerprint density at radius 2 is 0.958 bits per heavy atom. The predicted molar refractivity (Wildman–Crippen MR) is 157 cm³/mol. The normalized spacial score (nSPS) is 13.8. The number of nitrogens with one attached hydrogen (secondary N) is 2. The molecule has 12 nitrogen and oxygen atoms in total. The minimum absolute atomic E-state index is 0.0692. The van der Waals surface area contributed by atoms with Crippen LogP contribution in [0.4, 0.5) is 24.5 Å². The highest BCUT2D eigenvalue weighted by molar-refractivity contribution is 6.17. The molecule has 6 rings (SSSR count). The van der Waals surface area contributed by atoms with Gasteiger partial charge in [0, 0.05) is 11.1 Å². The van der Waals surface area contributed by atoms with Crippen LogP contribution in [-0.2, 0) is 14.9 Å². The number of phenols is 2. The molecule has 0 aromatic heterocycles. The summed E-state index contributed by atoms with van der Waals surface area (Å²) in [4.78, 5) is 73.2. The second-order valence-corrected chi connectivity index (χ2v) is 10.9. The van der Waals surface area contributed by atoms with E-state index in [1.807, 2.05) is 0 Å². The molecular weight excluding hydrogens is 641 g/mol. The summed E-state index contributed by atoms with van der Waals surface area (Å²) in [7, 11) is 0. The zero-order valence-electron chi connectivity index (χ0n) is 24.2. The van der Waals surface area contributed by atoms with Gasteiger partial charge in [0.25, 0.3) is 11.8 Å². The molecule has 15 heteroatoms. The minimum atomic E-state index is -5.02. The number of fused-ring (bicyclic) bond motifs is 2. The fraction of sp³-hybridized carbons (Fsp3) is 0.0909. The number of esters is 4. The average Bonchev–Trinajstić information content (AvgIpc) is 3.49. The first-order chi connectivity index (χ1) is 22.6. The van der Waals surface area contributed by atoms with Crippen LogP contribution < -0.4 is 10.6 Å². The van der Waals surface area contributed by atoms with E-state index in [1.165, 1.54) is 24.3 Å². The van der Waals surface area contributed by atoms with Crippen LogP contribution in [-0.4, -0.2) is 52.1 Å². The number of halogens is 3. The standard InChI is InChI=1S/C33H19F3N2O10/c1-32(33(34,35)36,16-4-8-24(39)22(12-16)37-26(41)14-2-6-18-20(10-14)30(45)47-28(18)43)17-5-9-25(40)23(13-17)38-27(42)15-3-7-19-21(11-15)31(46)48-29(19)44/h2-13,39-40H,1H3,(H,37,41)(H,38,42). The lowest BCUT2D eigenvalue weighted by molar-refractivity contribution is -0.173. The van der Waals surface area contributed by atoms with E-state index in [2.05, 4.69) is 20.1 Å². The molecule has 4 aromatic carbocycles. The Hall–Kier alpha value is -6.51. The number of ether oxygens (including phenoxy) is 2. The third kappa shape index (κ3) is 5.16. The van der Waals surface area contributed by atoms with Crippen LogP contribution in [0.5, 0.6) is 11.5 Å². The largest absolute Gasteiger partial charge is 0.506 e. The van der Waals surface area contributed by atoms with Gasteiger partial charge in [-0.3, -0.25) is 9.59 Å². The van der Waals surface area contributed by atoms with Crippen LogP contribution in [0.25, 0.3) is 0 Å². The predicted octanol–water partition coefficient (Wildman–Crippen LogP) is 5.09. The molecule has 2 aliphatic heterocycles. The second-order valence-electron chi connectivity index (χ2n) is 10.9. The molecule has 0 saturated heterocycles. The maximum Gasteiger partial charge on any atom is 0.402 e. The number of cyclic esters (lactones) is 4.